The van der Waals surface area contributed by atoms with Crippen molar-refractivity contribution < 1.29 is 14.3 Å². The van der Waals surface area contributed by atoms with E-state index in [1.165, 1.54) is 0 Å². The van der Waals surface area contributed by atoms with Gasteiger partial charge in [-0.15, -0.1) is 0 Å². The first-order chi connectivity index (χ1) is 16.6. The first kappa shape index (κ1) is 24.6. The summed E-state index contributed by atoms with van der Waals surface area (Å²) in [6.45, 7) is 12.3. The van der Waals surface area contributed by atoms with Crippen LogP contribution in [0.2, 0.25) is 0 Å². The molecule has 3 heterocycles. The number of aromatic nitrogens is 1. The summed E-state index contributed by atoms with van der Waals surface area (Å²) in [5, 5.41) is 9.15. The smallest absolute Gasteiger partial charge is 0.410 e. The topological polar surface area (TPSA) is 92.7 Å². The van der Waals surface area contributed by atoms with Crippen LogP contribution in [0.3, 0.4) is 0 Å². The molecule has 186 valence electrons. The Morgan fingerprint density at radius 2 is 1.71 bits per heavy atom. The number of hydrogen-bond donors (Lipinski definition) is 1. The normalized spacial score (nSPS) is 17.3. The SMILES string of the molecule is CC1CCN(c2cc(N3CCN(C(=O)OC(C)(C)C)CC3)ccc2C(=O)c2cc(C#N)c[nH]2)CC1. The molecule has 2 fully saturated rings. The Labute approximate surface area is 207 Å². The number of nitrogens with one attached hydrogen (secondary N) is 1. The Morgan fingerprint density at radius 3 is 2.31 bits per heavy atom. The molecule has 2 aromatic rings. The summed E-state index contributed by atoms with van der Waals surface area (Å²) in [7, 11) is 0. The standard InChI is InChI=1S/C27H35N5O3/c1-19-7-9-31(10-8-19)24-16-21(5-6-22(24)25(33)23-15-20(17-28)18-29-23)30-11-13-32(14-12-30)26(34)35-27(2,3)4/h5-6,15-16,18-19,29H,7-14H2,1-4H3. The lowest BCUT2D eigenvalue weighted by Gasteiger charge is -2.38. The Balaban J connectivity index is 1.55. The largest absolute Gasteiger partial charge is 0.444 e. The summed E-state index contributed by atoms with van der Waals surface area (Å²) in [4.78, 5) is 35.1. The molecule has 1 aromatic carbocycles. The van der Waals surface area contributed by atoms with E-state index in [0.717, 1.165) is 37.3 Å². The van der Waals surface area contributed by atoms with Crippen LogP contribution in [-0.2, 0) is 4.74 Å². The van der Waals surface area contributed by atoms with Crippen LogP contribution in [0.1, 0.15) is 62.2 Å². The minimum atomic E-state index is -0.509. The van der Waals surface area contributed by atoms with Crippen molar-refractivity contribution in [2.75, 3.05) is 49.1 Å². The van der Waals surface area contributed by atoms with E-state index in [1.807, 2.05) is 32.9 Å². The maximum atomic E-state index is 13.4. The third kappa shape index (κ3) is 5.79. The third-order valence-electron chi connectivity index (χ3n) is 6.70. The van der Waals surface area contributed by atoms with Gasteiger partial charge in [0.05, 0.1) is 16.9 Å². The summed E-state index contributed by atoms with van der Waals surface area (Å²) in [6.07, 6.45) is 3.47. The molecule has 0 aliphatic carbocycles. The second-order valence-corrected chi connectivity index (χ2v) is 10.6. The first-order valence-corrected chi connectivity index (χ1v) is 12.4. The molecule has 0 spiro atoms. The molecule has 8 nitrogen and oxygen atoms in total. The summed E-state index contributed by atoms with van der Waals surface area (Å²) in [5.41, 5.74) is 2.98. The number of piperidine rings is 1. The average molecular weight is 478 g/mol. The molecule has 8 heteroatoms. The highest BCUT2D eigenvalue weighted by Gasteiger charge is 2.28. The van der Waals surface area contributed by atoms with Gasteiger partial charge >= 0.3 is 6.09 Å². The Morgan fingerprint density at radius 1 is 1.03 bits per heavy atom. The number of rotatable bonds is 4. The maximum Gasteiger partial charge on any atom is 0.410 e. The third-order valence-corrected chi connectivity index (χ3v) is 6.70. The van der Waals surface area contributed by atoms with Gasteiger partial charge in [-0.3, -0.25) is 4.79 Å². The number of nitriles is 1. The first-order valence-electron chi connectivity index (χ1n) is 12.4. The second-order valence-electron chi connectivity index (χ2n) is 10.6. The van der Waals surface area contributed by atoms with Crippen molar-refractivity contribution in [1.29, 1.82) is 5.26 Å². The van der Waals surface area contributed by atoms with Gasteiger partial charge in [0.2, 0.25) is 5.78 Å². The average Bonchev–Trinajstić information content (AvgIpc) is 3.32. The van der Waals surface area contributed by atoms with Crippen LogP contribution in [0.4, 0.5) is 16.2 Å². The van der Waals surface area contributed by atoms with E-state index in [9.17, 15) is 9.59 Å². The number of anilines is 2. The summed E-state index contributed by atoms with van der Waals surface area (Å²) in [5.74, 6) is 0.567. The van der Waals surface area contributed by atoms with E-state index >= 15 is 0 Å². The lowest BCUT2D eigenvalue weighted by Crippen LogP contribution is -2.50. The number of benzene rings is 1. The molecule has 0 atom stereocenters. The monoisotopic (exact) mass is 477 g/mol. The zero-order chi connectivity index (χ0) is 25.2. The quantitative estimate of drug-likeness (QED) is 0.656. The van der Waals surface area contributed by atoms with Gasteiger partial charge in [-0.25, -0.2) is 4.79 Å². The number of carbonyl (C=O) groups excluding carboxylic acids is 2. The molecule has 0 unspecified atom stereocenters. The van der Waals surface area contributed by atoms with E-state index in [4.69, 9.17) is 10.00 Å². The number of piperazine rings is 1. The number of amides is 1. The fourth-order valence-corrected chi connectivity index (χ4v) is 4.63. The van der Waals surface area contributed by atoms with Gasteiger partial charge in [0.1, 0.15) is 11.7 Å². The molecule has 35 heavy (non-hydrogen) atoms. The van der Waals surface area contributed by atoms with Gasteiger partial charge in [-0.05, 0) is 63.8 Å². The zero-order valence-corrected chi connectivity index (χ0v) is 21.1. The molecular formula is C27H35N5O3. The van der Waals surface area contributed by atoms with Crippen molar-refractivity contribution in [3.63, 3.8) is 0 Å². The van der Waals surface area contributed by atoms with Gasteiger partial charge < -0.3 is 24.4 Å². The number of nitrogens with zero attached hydrogens (tertiary/aromatic N) is 4. The van der Waals surface area contributed by atoms with Crippen LogP contribution < -0.4 is 9.80 Å². The predicted molar refractivity (Wildman–Crippen MR) is 136 cm³/mol. The molecule has 2 aliphatic heterocycles. The van der Waals surface area contributed by atoms with E-state index in [0.29, 0.717) is 48.9 Å². The number of H-pyrrole nitrogens is 1. The van der Waals surface area contributed by atoms with Crippen LogP contribution in [0.15, 0.2) is 30.5 Å². The van der Waals surface area contributed by atoms with Crippen molar-refractivity contribution in [3.05, 3.63) is 47.3 Å². The van der Waals surface area contributed by atoms with E-state index in [-0.39, 0.29) is 11.9 Å². The summed E-state index contributed by atoms with van der Waals surface area (Å²) in [6, 6.07) is 9.68. The molecular weight excluding hydrogens is 442 g/mol. The fourth-order valence-electron chi connectivity index (χ4n) is 4.63. The second kappa shape index (κ2) is 10.0. The van der Waals surface area contributed by atoms with Gasteiger partial charge in [-0.1, -0.05) is 6.92 Å². The summed E-state index contributed by atoms with van der Waals surface area (Å²) < 4.78 is 5.52. The molecule has 0 radical (unpaired) electrons. The Bertz CT molecular complexity index is 1110. The van der Waals surface area contributed by atoms with Crippen molar-refractivity contribution >= 4 is 23.3 Å². The van der Waals surface area contributed by atoms with Gasteiger partial charge in [0.25, 0.3) is 0 Å². The highest BCUT2D eigenvalue weighted by molar-refractivity contribution is 6.12. The number of carbonyl (C=O) groups is 2. The van der Waals surface area contributed by atoms with Gasteiger partial charge in [0.15, 0.2) is 0 Å². The Hall–Kier alpha value is -3.47. The Kier molecular flexibility index (Phi) is 7.06. The van der Waals surface area contributed by atoms with Crippen LogP contribution in [0.25, 0.3) is 0 Å². The highest BCUT2D eigenvalue weighted by Crippen LogP contribution is 2.32. The van der Waals surface area contributed by atoms with Crippen LogP contribution in [0, 0.1) is 17.2 Å². The zero-order valence-electron chi connectivity index (χ0n) is 21.1. The highest BCUT2D eigenvalue weighted by atomic mass is 16.6. The van der Waals surface area contributed by atoms with Crippen LogP contribution >= 0.6 is 0 Å². The summed E-state index contributed by atoms with van der Waals surface area (Å²) >= 11 is 0. The molecule has 0 bridgehead atoms. The van der Waals surface area contributed by atoms with Crippen molar-refractivity contribution in [2.24, 2.45) is 5.92 Å². The molecule has 1 aromatic heterocycles. The minimum absolute atomic E-state index is 0.110. The van der Waals surface area contributed by atoms with Crippen molar-refractivity contribution in [2.45, 2.75) is 46.1 Å². The molecule has 1 N–H and O–H groups in total. The lowest BCUT2D eigenvalue weighted by molar-refractivity contribution is 0.0240. The molecule has 4 rings (SSSR count). The van der Waals surface area contributed by atoms with Gasteiger partial charge in [0, 0.05) is 56.7 Å². The predicted octanol–water partition coefficient (Wildman–Crippen LogP) is 4.41. The number of hydrogen-bond acceptors (Lipinski definition) is 6. The van der Waals surface area contributed by atoms with Crippen LogP contribution in [-0.4, -0.2) is 66.6 Å². The maximum absolute atomic E-state index is 13.4. The molecule has 2 saturated heterocycles. The van der Waals surface area contributed by atoms with E-state index < -0.39 is 5.60 Å². The molecule has 0 saturated carbocycles. The number of ether oxygens (including phenoxy) is 1. The van der Waals surface area contributed by atoms with E-state index in [1.54, 1.807) is 17.2 Å². The minimum Gasteiger partial charge on any atom is -0.444 e. The fraction of sp³-hybridized carbons (Fsp3) is 0.519. The molecule has 2 aliphatic rings. The van der Waals surface area contributed by atoms with Gasteiger partial charge in [-0.2, -0.15) is 5.26 Å². The van der Waals surface area contributed by atoms with Crippen LogP contribution in [0.5, 0.6) is 0 Å². The van der Waals surface area contributed by atoms with Crippen molar-refractivity contribution in [3.8, 4) is 6.07 Å². The number of aromatic amines is 1. The lowest BCUT2D eigenvalue weighted by atomic mass is 9.96. The van der Waals surface area contributed by atoms with Crippen molar-refractivity contribution in [1.82, 2.24) is 9.88 Å². The number of ketones is 1. The molecule has 1 amide bonds. The van der Waals surface area contributed by atoms with E-state index in [2.05, 4.69) is 33.8 Å².